The molecule has 1 amide bonds. The molecule has 0 unspecified atom stereocenters. The number of hydrogen-bond acceptors (Lipinski definition) is 5. The zero-order valence-electron chi connectivity index (χ0n) is 16.2. The Morgan fingerprint density at radius 2 is 1.86 bits per heavy atom. The predicted octanol–water partition coefficient (Wildman–Crippen LogP) is 3.68. The number of nitrogens with zero attached hydrogens (tertiary/aromatic N) is 3. The maximum absolute atomic E-state index is 12.4. The van der Waals surface area contributed by atoms with Crippen molar-refractivity contribution in [3.8, 4) is 0 Å². The third-order valence-electron chi connectivity index (χ3n) is 4.22. The van der Waals surface area contributed by atoms with E-state index in [-0.39, 0.29) is 24.0 Å². The first-order valence-corrected chi connectivity index (χ1v) is 10.2. The van der Waals surface area contributed by atoms with Gasteiger partial charge in [0.2, 0.25) is 0 Å². The molecule has 0 aliphatic rings. The topological polar surface area (TPSA) is 76.9 Å². The molecule has 0 bridgehead atoms. The van der Waals surface area contributed by atoms with Gasteiger partial charge < -0.3 is 9.88 Å². The number of allylic oxidation sites excluding steroid dienone is 1. The highest BCUT2D eigenvalue weighted by molar-refractivity contribution is 7.99. The van der Waals surface area contributed by atoms with Crippen LogP contribution in [0.2, 0.25) is 0 Å². The first-order valence-electron chi connectivity index (χ1n) is 9.17. The fraction of sp³-hybridized carbons (Fsp3) is 0.182. The molecule has 0 saturated heterocycles. The number of hydrogen-bond donors (Lipinski definition) is 1. The zero-order chi connectivity index (χ0) is 20.6. The molecule has 2 aromatic carbocycles. The van der Waals surface area contributed by atoms with Gasteiger partial charge in [-0.3, -0.25) is 9.59 Å². The van der Waals surface area contributed by atoms with E-state index in [0.717, 1.165) is 5.56 Å². The quantitative estimate of drug-likeness (QED) is 0.333. The summed E-state index contributed by atoms with van der Waals surface area (Å²) < 4.78 is 1.85. The summed E-state index contributed by atoms with van der Waals surface area (Å²) in [7, 11) is 0. The summed E-state index contributed by atoms with van der Waals surface area (Å²) in [5, 5.41) is 11.9. The molecule has 0 aliphatic carbocycles. The molecule has 7 heteroatoms. The molecule has 1 N–H and O–H groups in total. The lowest BCUT2D eigenvalue weighted by Crippen LogP contribution is -2.25. The Bertz CT molecular complexity index is 1010. The van der Waals surface area contributed by atoms with Crippen molar-refractivity contribution >= 4 is 23.5 Å². The monoisotopic (exact) mass is 406 g/mol. The van der Waals surface area contributed by atoms with Crippen molar-refractivity contribution in [2.24, 2.45) is 0 Å². The van der Waals surface area contributed by atoms with Crippen LogP contribution in [0, 0.1) is 6.92 Å². The van der Waals surface area contributed by atoms with E-state index in [9.17, 15) is 9.59 Å². The second-order valence-electron chi connectivity index (χ2n) is 6.43. The number of benzene rings is 2. The average molecular weight is 407 g/mol. The Balaban J connectivity index is 1.65. The van der Waals surface area contributed by atoms with Crippen LogP contribution in [0.5, 0.6) is 0 Å². The molecule has 6 nitrogen and oxygen atoms in total. The van der Waals surface area contributed by atoms with Gasteiger partial charge in [-0.15, -0.1) is 16.8 Å². The number of thioether (sulfide) groups is 1. The van der Waals surface area contributed by atoms with Gasteiger partial charge in [0.15, 0.2) is 16.8 Å². The maximum Gasteiger partial charge on any atom is 0.251 e. The van der Waals surface area contributed by atoms with Gasteiger partial charge in [0.1, 0.15) is 0 Å². The third kappa shape index (κ3) is 5.42. The molecule has 0 fully saturated rings. The van der Waals surface area contributed by atoms with Crippen molar-refractivity contribution in [1.29, 1.82) is 0 Å². The molecule has 0 saturated carbocycles. The minimum absolute atomic E-state index is 0.0260. The van der Waals surface area contributed by atoms with Crippen LogP contribution in [0.3, 0.4) is 0 Å². The summed E-state index contributed by atoms with van der Waals surface area (Å²) in [6.45, 7) is 6.44. The van der Waals surface area contributed by atoms with Crippen molar-refractivity contribution < 1.29 is 9.59 Å². The third-order valence-corrected chi connectivity index (χ3v) is 5.19. The Labute approximate surface area is 174 Å². The number of nitrogens with one attached hydrogen (secondary N) is 1. The number of carbonyl (C=O) groups excluding carboxylic acids is 2. The highest BCUT2D eigenvalue weighted by atomic mass is 32.2. The Kier molecular flexibility index (Phi) is 6.97. The number of amides is 1. The van der Waals surface area contributed by atoms with Crippen molar-refractivity contribution in [3.05, 3.63) is 89.8 Å². The minimum atomic E-state index is -0.171. The van der Waals surface area contributed by atoms with E-state index in [1.807, 2.05) is 47.9 Å². The first kappa shape index (κ1) is 20.5. The fourth-order valence-corrected chi connectivity index (χ4v) is 3.62. The zero-order valence-corrected chi connectivity index (χ0v) is 17.0. The molecular formula is C22H22N4O2S. The minimum Gasteiger partial charge on any atom is -0.345 e. The largest absolute Gasteiger partial charge is 0.345 e. The number of rotatable bonds is 9. The van der Waals surface area contributed by atoms with Crippen LogP contribution in [-0.2, 0) is 13.1 Å². The van der Waals surface area contributed by atoms with E-state index in [1.165, 1.54) is 11.8 Å². The van der Waals surface area contributed by atoms with Gasteiger partial charge in [-0.2, -0.15) is 0 Å². The van der Waals surface area contributed by atoms with Crippen molar-refractivity contribution in [2.75, 3.05) is 5.75 Å². The van der Waals surface area contributed by atoms with Gasteiger partial charge in [-0.05, 0) is 19.1 Å². The van der Waals surface area contributed by atoms with E-state index >= 15 is 0 Å². The van der Waals surface area contributed by atoms with E-state index in [2.05, 4.69) is 22.1 Å². The van der Waals surface area contributed by atoms with Crippen molar-refractivity contribution in [3.63, 3.8) is 0 Å². The maximum atomic E-state index is 12.4. The molecule has 1 aromatic heterocycles. The molecule has 29 heavy (non-hydrogen) atoms. The van der Waals surface area contributed by atoms with Gasteiger partial charge in [-0.1, -0.05) is 65.9 Å². The van der Waals surface area contributed by atoms with Gasteiger partial charge in [-0.25, -0.2) is 0 Å². The smallest absolute Gasteiger partial charge is 0.251 e. The molecule has 3 rings (SSSR count). The lowest BCUT2D eigenvalue weighted by atomic mass is 10.1. The molecule has 3 aromatic rings. The molecule has 148 valence electrons. The fourth-order valence-electron chi connectivity index (χ4n) is 2.75. The molecule has 0 radical (unpaired) electrons. The van der Waals surface area contributed by atoms with E-state index < -0.39 is 0 Å². The van der Waals surface area contributed by atoms with Crippen LogP contribution in [0.15, 0.2) is 72.4 Å². The summed E-state index contributed by atoms with van der Waals surface area (Å²) in [4.78, 5) is 24.7. The van der Waals surface area contributed by atoms with Crippen LogP contribution in [0.25, 0.3) is 0 Å². The first-order chi connectivity index (χ1) is 14.1. The number of Topliss-reactive ketones (excluding diaryl/α,β-unsaturated/α-hetero) is 1. The van der Waals surface area contributed by atoms with Crippen LogP contribution < -0.4 is 5.32 Å². The molecular weight excluding hydrogens is 384 g/mol. The Morgan fingerprint density at radius 1 is 1.10 bits per heavy atom. The number of ketones is 1. The summed E-state index contributed by atoms with van der Waals surface area (Å²) >= 11 is 1.32. The number of aryl methyl sites for hydroxylation is 1. The average Bonchev–Trinajstić information content (AvgIpc) is 3.12. The van der Waals surface area contributed by atoms with E-state index in [1.54, 1.807) is 24.3 Å². The molecule has 1 heterocycles. The summed E-state index contributed by atoms with van der Waals surface area (Å²) in [5.74, 6) is 0.725. The highest BCUT2D eigenvalue weighted by Gasteiger charge is 2.15. The Hall–Kier alpha value is -3.19. The van der Waals surface area contributed by atoms with Crippen LogP contribution in [0.1, 0.15) is 32.1 Å². The number of aromatic nitrogens is 3. The SMILES string of the molecule is C=CCn1c(CNC(=O)c2cccc(C)c2)nnc1SCC(=O)c1ccccc1. The molecule has 0 atom stereocenters. The predicted molar refractivity (Wildman–Crippen MR) is 114 cm³/mol. The van der Waals surface area contributed by atoms with Crippen LogP contribution in [-0.4, -0.2) is 32.2 Å². The Morgan fingerprint density at radius 3 is 2.59 bits per heavy atom. The van der Waals surface area contributed by atoms with Gasteiger partial charge >= 0.3 is 0 Å². The van der Waals surface area contributed by atoms with Crippen molar-refractivity contribution in [2.45, 2.75) is 25.2 Å². The van der Waals surface area contributed by atoms with Gasteiger partial charge in [0, 0.05) is 17.7 Å². The second-order valence-corrected chi connectivity index (χ2v) is 7.37. The van der Waals surface area contributed by atoms with E-state index in [4.69, 9.17) is 0 Å². The molecule has 0 spiro atoms. The molecule has 0 aliphatic heterocycles. The summed E-state index contributed by atoms with van der Waals surface area (Å²) in [6.07, 6.45) is 1.73. The van der Waals surface area contributed by atoms with Crippen molar-refractivity contribution in [1.82, 2.24) is 20.1 Å². The highest BCUT2D eigenvalue weighted by Crippen LogP contribution is 2.19. The number of carbonyl (C=O) groups is 2. The lowest BCUT2D eigenvalue weighted by Gasteiger charge is -2.09. The van der Waals surface area contributed by atoms with E-state index in [0.29, 0.717) is 28.7 Å². The lowest BCUT2D eigenvalue weighted by molar-refractivity contribution is 0.0948. The van der Waals surface area contributed by atoms with Crippen LogP contribution in [0.4, 0.5) is 0 Å². The second kappa shape index (κ2) is 9.84. The summed E-state index contributed by atoms with van der Waals surface area (Å²) in [5.41, 5.74) is 2.29. The normalized spacial score (nSPS) is 10.5. The van der Waals surface area contributed by atoms with Crippen LogP contribution >= 0.6 is 11.8 Å². The van der Waals surface area contributed by atoms with Gasteiger partial charge in [0.05, 0.1) is 12.3 Å². The van der Waals surface area contributed by atoms with Gasteiger partial charge in [0.25, 0.3) is 5.91 Å². The summed E-state index contributed by atoms with van der Waals surface area (Å²) in [6, 6.07) is 16.5. The standard InChI is InChI=1S/C22H22N4O2S/c1-3-12-26-20(14-23-21(28)18-11-7-8-16(2)13-18)24-25-22(26)29-15-19(27)17-9-5-4-6-10-17/h3-11,13H,1,12,14-15H2,2H3,(H,23,28).